The molecule has 1 heterocycles. The highest BCUT2D eigenvalue weighted by Gasteiger charge is 2.21. The molecule has 0 atom stereocenters. The number of hydrogen-bond acceptors (Lipinski definition) is 3. The van der Waals surface area contributed by atoms with Crippen LogP contribution in [0.4, 0.5) is 0 Å². The Labute approximate surface area is 181 Å². The van der Waals surface area contributed by atoms with E-state index in [0.717, 1.165) is 76.7 Å². The van der Waals surface area contributed by atoms with E-state index in [1.165, 1.54) is 5.56 Å². The monoisotopic (exact) mass is 489 g/mol. The molecule has 0 saturated carbocycles. The third-order valence-electron chi connectivity index (χ3n) is 4.74. The Balaban J connectivity index is 0.00000364. The van der Waals surface area contributed by atoms with Crippen LogP contribution in [0.25, 0.3) is 0 Å². The zero-order valence-corrected chi connectivity index (χ0v) is 19.4. The molecule has 2 rings (SSSR count). The molecule has 0 bridgehead atoms. The number of likely N-dealkylation sites (tertiary alicyclic amines) is 1. The molecule has 6 heteroatoms. The first-order valence-corrected chi connectivity index (χ1v) is 10.1. The van der Waals surface area contributed by atoms with E-state index in [9.17, 15) is 0 Å². The molecule has 1 N–H and O–H groups in total. The van der Waals surface area contributed by atoms with Gasteiger partial charge in [-0.2, -0.15) is 0 Å². The first kappa shape index (κ1) is 24.0. The molecule has 1 fully saturated rings. The van der Waals surface area contributed by atoms with Gasteiger partial charge in [0.1, 0.15) is 5.75 Å². The highest BCUT2D eigenvalue weighted by Crippen LogP contribution is 2.14. The number of nitrogens with one attached hydrogen (secondary N) is 1. The van der Waals surface area contributed by atoms with E-state index in [4.69, 9.17) is 9.47 Å². The van der Waals surface area contributed by atoms with E-state index in [2.05, 4.69) is 53.3 Å². The van der Waals surface area contributed by atoms with Crippen molar-refractivity contribution >= 4 is 29.9 Å². The van der Waals surface area contributed by atoms with Gasteiger partial charge in [-0.05, 0) is 50.3 Å². The van der Waals surface area contributed by atoms with Crippen molar-refractivity contribution in [1.82, 2.24) is 10.2 Å². The minimum absolute atomic E-state index is 0. The molecule has 1 aromatic rings. The normalized spacial score (nSPS) is 15.4. The van der Waals surface area contributed by atoms with Crippen molar-refractivity contribution in [2.24, 2.45) is 4.99 Å². The highest BCUT2D eigenvalue weighted by atomic mass is 127. The Kier molecular flexibility index (Phi) is 12.5. The van der Waals surface area contributed by atoms with Crippen molar-refractivity contribution < 1.29 is 9.47 Å². The zero-order chi connectivity index (χ0) is 18.6. The molecule has 27 heavy (non-hydrogen) atoms. The Bertz CT molecular complexity index is 529. The summed E-state index contributed by atoms with van der Waals surface area (Å²) < 4.78 is 11.4. The van der Waals surface area contributed by atoms with Crippen LogP contribution in [0.1, 0.15) is 45.1 Å². The lowest BCUT2D eigenvalue weighted by Gasteiger charge is -2.34. The van der Waals surface area contributed by atoms with Gasteiger partial charge < -0.3 is 19.7 Å². The molecule has 0 radical (unpaired) electrons. The van der Waals surface area contributed by atoms with E-state index < -0.39 is 0 Å². The average molecular weight is 489 g/mol. The van der Waals surface area contributed by atoms with Crippen LogP contribution in [0.15, 0.2) is 29.3 Å². The Morgan fingerprint density at radius 3 is 2.48 bits per heavy atom. The maximum Gasteiger partial charge on any atom is 0.193 e. The number of ether oxygens (including phenoxy) is 2. The van der Waals surface area contributed by atoms with Crippen LogP contribution in [-0.2, 0) is 11.2 Å². The van der Waals surface area contributed by atoms with Crippen LogP contribution < -0.4 is 10.1 Å². The molecule has 0 aromatic heterocycles. The number of hydrogen-bond donors (Lipinski definition) is 1. The van der Waals surface area contributed by atoms with Gasteiger partial charge in [-0.15, -0.1) is 24.0 Å². The number of rotatable bonds is 9. The molecule has 5 nitrogen and oxygen atoms in total. The van der Waals surface area contributed by atoms with Crippen molar-refractivity contribution in [2.75, 3.05) is 39.9 Å². The van der Waals surface area contributed by atoms with Crippen molar-refractivity contribution in [3.63, 3.8) is 0 Å². The number of halogens is 1. The van der Waals surface area contributed by atoms with Gasteiger partial charge in [-0.1, -0.05) is 25.5 Å². The number of aliphatic imine (C=N–C) groups is 1. The SMILES string of the molecule is CCCCOc1ccc(CCNC(=NC)N2CCC(OCC)CC2)cc1.I. The lowest BCUT2D eigenvalue weighted by atomic mass is 10.1. The Morgan fingerprint density at radius 2 is 1.89 bits per heavy atom. The second kappa shape index (κ2) is 14.0. The standard InChI is InChI=1S/C21H35N3O2.HI/c1-4-6-17-26-19-9-7-18(8-10-19)11-14-23-21(22-3)24-15-12-20(13-16-24)25-5-2;/h7-10,20H,4-6,11-17H2,1-3H3,(H,22,23);1H. The summed E-state index contributed by atoms with van der Waals surface area (Å²) in [5.74, 6) is 1.96. The fourth-order valence-corrected chi connectivity index (χ4v) is 3.21. The maximum absolute atomic E-state index is 5.73. The van der Waals surface area contributed by atoms with Gasteiger partial charge in [-0.3, -0.25) is 4.99 Å². The quantitative estimate of drug-likeness (QED) is 0.246. The van der Waals surface area contributed by atoms with Gasteiger partial charge in [-0.25, -0.2) is 0 Å². The molecule has 1 aliphatic heterocycles. The third kappa shape index (κ3) is 8.68. The van der Waals surface area contributed by atoms with E-state index in [1.54, 1.807) is 0 Å². The first-order chi connectivity index (χ1) is 12.8. The van der Waals surface area contributed by atoms with Gasteiger partial charge in [0.25, 0.3) is 0 Å². The maximum atomic E-state index is 5.73. The number of unbranched alkanes of at least 4 members (excludes halogenated alkanes) is 1. The van der Waals surface area contributed by atoms with Crippen LogP contribution in [0, 0.1) is 0 Å². The summed E-state index contributed by atoms with van der Waals surface area (Å²) in [7, 11) is 1.86. The van der Waals surface area contributed by atoms with Crippen molar-refractivity contribution in [3.05, 3.63) is 29.8 Å². The third-order valence-corrected chi connectivity index (χ3v) is 4.74. The molecule has 1 saturated heterocycles. The minimum atomic E-state index is 0. The molecule has 0 spiro atoms. The van der Waals surface area contributed by atoms with Gasteiger partial charge in [0.05, 0.1) is 12.7 Å². The van der Waals surface area contributed by atoms with Gasteiger partial charge in [0.2, 0.25) is 0 Å². The van der Waals surface area contributed by atoms with Crippen molar-refractivity contribution in [1.29, 1.82) is 0 Å². The predicted octanol–water partition coefficient (Wildman–Crippen LogP) is 4.10. The van der Waals surface area contributed by atoms with E-state index in [0.29, 0.717) is 6.10 Å². The number of nitrogens with zero attached hydrogens (tertiary/aromatic N) is 2. The molecular formula is C21H36IN3O2. The van der Waals surface area contributed by atoms with Gasteiger partial charge >= 0.3 is 0 Å². The summed E-state index contributed by atoms with van der Waals surface area (Å²) in [6, 6.07) is 8.44. The van der Waals surface area contributed by atoms with Crippen LogP contribution in [0.2, 0.25) is 0 Å². The van der Waals surface area contributed by atoms with Gasteiger partial charge in [0.15, 0.2) is 5.96 Å². The Hall–Kier alpha value is -1.02. The summed E-state index contributed by atoms with van der Waals surface area (Å²) in [5.41, 5.74) is 1.31. The van der Waals surface area contributed by atoms with Gasteiger partial charge in [0, 0.05) is 33.3 Å². The first-order valence-electron chi connectivity index (χ1n) is 10.1. The molecule has 1 aliphatic rings. The number of guanidine groups is 1. The second-order valence-electron chi connectivity index (χ2n) is 6.71. The van der Waals surface area contributed by atoms with Crippen LogP contribution in [0.3, 0.4) is 0 Å². The molecule has 0 unspecified atom stereocenters. The molecule has 0 aliphatic carbocycles. The van der Waals surface area contributed by atoms with Crippen LogP contribution in [-0.4, -0.2) is 56.9 Å². The summed E-state index contributed by atoms with van der Waals surface area (Å²) in [5, 5.41) is 3.49. The van der Waals surface area contributed by atoms with E-state index in [1.807, 2.05) is 7.05 Å². The summed E-state index contributed by atoms with van der Waals surface area (Å²) in [6.07, 6.45) is 5.81. The lowest BCUT2D eigenvalue weighted by Crippen LogP contribution is -2.47. The topological polar surface area (TPSA) is 46.1 Å². The summed E-state index contributed by atoms with van der Waals surface area (Å²) in [4.78, 5) is 6.77. The van der Waals surface area contributed by atoms with E-state index >= 15 is 0 Å². The largest absolute Gasteiger partial charge is 0.494 e. The van der Waals surface area contributed by atoms with Crippen molar-refractivity contribution in [3.8, 4) is 5.75 Å². The minimum Gasteiger partial charge on any atom is -0.494 e. The van der Waals surface area contributed by atoms with Crippen LogP contribution >= 0.6 is 24.0 Å². The predicted molar refractivity (Wildman–Crippen MR) is 124 cm³/mol. The smallest absolute Gasteiger partial charge is 0.193 e. The van der Waals surface area contributed by atoms with E-state index in [-0.39, 0.29) is 24.0 Å². The molecule has 0 amide bonds. The number of benzene rings is 1. The number of piperidine rings is 1. The highest BCUT2D eigenvalue weighted by molar-refractivity contribution is 14.0. The summed E-state index contributed by atoms with van der Waals surface area (Å²) in [6.45, 7) is 8.75. The average Bonchev–Trinajstić information content (AvgIpc) is 2.68. The summed E-state index contributed by atoms with van der Waals surface area (Å²) >= 11 is 0. The second-order valence-corrected chi connectivity index (χ2v) is 6.71. The fraction of sp³-hybridized carbons (Fsp3) is 0.667. The zero-order valence-electron chi connectivity index (χ0n) is 17.1. The molecule has 154 valence electrons. The van der Waals surface area contributed by atoms with Crippen molar-refractivity contribution in [2.45, 2.75) is 52.1 Å². The van der Waals surface area contributed by atoms with Crippen LogP contribution in [0.5, 0.6) is 5.75 Å². The Morgan fingerprint density at radius 1 is 1.19 bits per heavy atom. The fourth-order valence-electron chi connectivity index (χ4n) is 3.21. The lowest BCUT2D eigenvalue weighted by molar-refractivity contribution is 0.0264. The molecular weight excluding hydrogens is 453 g/mol. The molecule has 1 aromatic carbocycles.